The zero-order valence-electron chi connectivity index (χ0n) is 11.5. The molecular weight excluding hydrogens is 208 g/mol. The molecule has 1 heteroatoms. The molecule has 0 spiro atoms. The van der Waals surface area contributed by atoms with Gasteiger partial charge >= 0.3 is 0 Å². The third kappa shape index (κ3) is 5.36. The van der Waals surface area contributed by atoms with Crippen LogP contribution in [0.25, 0.3) is 0 Å². The number of hydrogen-bond acceptors (Lipinski definition) is 0. The van der Waals surface area contributed by atoms with Gasteiger partial charge in [-0.15, -0.1) is 0 Å². The third-order valence-corrected chi connectivity index (χ3v) is 3.18. The van der Waals surface area contributed by atoms with E-state index < -0.39 is 0 Å². The van der Waals surface area contributed by atoms with Crippen LogP contribution in [0.5, 0.6) is 0 Å². The summed E-state index contributed by atoms with van der Waals surface area (Å²) in [4.78, 5) is 0. The van der Waals surface area contributed by atoms with Gasteiger partial charge in [-0.1, -0.05) is 57.9 Å². The Labute approximate surface area is 106 Å². The highest BCUT2D eigenvalue weighted by Crippen LogP contribution is 2.22. The second kappa shape index (κ2) is 6.80. The van der Waals surface area contributed by atoms with Crippen molar-refractivity contribution < 1.29 is 5.11 Å². The highest BCUT2D eigenvalue weighted by Gasteiger charge is 2.12. The lowest BCUT2D eigenvalue weighted by Gasteiger charge is -2.19. The van der Waals surface area contributed by atoms with Gasteiger partial charge in [0.05, 0.1) is 6.61 Å². The summed E-state index contributed by atoms with van der Waals surface area (Å²) in [5, 5.41) is 10.3. The van der Waals surface area contributed by atoms with Crippen LogP contribution in [-0.2, 0) is 16.9 Å². The smallest absolute Gasteiger partial charge is 0.0822 e. The van der Waals surface area contributed by atoms with E-state index in [2.05, 4.69) is 45.0 Å². The molecule has 0 fully saturated rings. The lowest BCUT2D eigenvalue weighted by molar-refractivity contribution is 0.186. The number of unbranched alkanes of at least 4 members (excludes halogenated alkanes) is 3. The Kier molecular flexibility index (Phi) is 5.70. The molecule has 0 bridgehead atoms. The molecule has 95 valence electrons. The van der Waals surface area contributed by atoms with Crippen LogP contribution in [0.2, 0.25) is 0 Å². The van der Waals surface area contributed by atoms with E-state index >= 15 is 0 Å². The number of aryl methyl sites for hydroxylation is 1. The Bertz CT molecular complexity index is 305. The first-order valence-corrected chi connectivity index (χ1v) is 6.71. The van der Waals surface area contributed by atoms with E-state index in [0.717, 1.165) is 19.3 Å². The van der Waals surface area contributed by atoms with E-state index in [1.54, 1.807) is 0 Å². The molecule has 1 rings (SSSR count). The lowest BCUT2D eigenvalue weighted by atomic mass is 9.86. The lowest BCUT2D eigenvalue weighted by Crippen LogP contribution is -2.10. The maximum Gasteiger partial charge on any atom is 0.0822 e. The summed E-state index contributed by atoms with van der Waals surface area (Å²) in [6.07, 6.45) is 5.45. The molecule has 0 aliphatic carbocycles. The molecule has 1 radical (unpaired) electrons. The SMILES string of the molecule is CC(C)(C)c1ccc(CCCCCC[O])cc1. The first-order chi connectivity index (χ1) is 8.04. The Hall–Kier alpha value is -0.820. The van der Waals surface area contributed by atoms with E-state index in [-0.39, 0.29) is 12.0 Å². The molecule has 0 aliphatic rings. The zero-order chi connectivity index (χ0) is 12.7. The van der Waals surface area contributed by atoms with Gasteiger partial charge in [0.1, 0.15) is 0 Å². The van der Waals surface area contributed by atoms with E-state index in [0.29, 0.717) is 0 Å². The molecule has 1 nitrogen and oxygen atoms in total. The largest absolute Gasteiger partial charge is 0.237 e. The first kappa shape index (κ1) is 14.2. The second-order valence-electron chi connectivity index (χ2n) is 5.82. The number of rotatable bonds is 6. The van der Waals surface area contributed by atoms with Crippen LogP contribution < -0.4 is 0 Å². The van der Waals surface area contributed by atoms with Crippen molar-refractivity contribution in [1.29, 1.82) is 0 Å². The van der Waals surface area contributed by atoms with E-state index in [4.69, 9.17) is 0 Å². The zero-order valence-corrected chi connectivity index (χ0v) is 11.5. The fourth-order valence-corrected chi connectivity index (χ4v) is 1.96. The van der Waals surface area contributed by atoms with Crippen molar-refractivity contribution in [2.45, 2.75) is 58.3 Å². The van der Waals surface area contributed by atoms with Crippen LogP contribution in [-0.4, -0.2) is 6.61 Å². The molecule has 0 saturated carbocycles. The van der Waals surface area contributed by atoms with Gasteiger partial charge in [0.2, 0.25) is 0 Å². The van der Waals surface area contributed by atoms with Gasteiger partial charge < -0.3 is 0 Å². The standard InChI is InChI=1S/C16H25O/c1-16(2,3)15-11-9-14(10-12-15)8-6-4-5-7-13-17/h9-12H,4-8,13H2,1-3H3. The molecule has 0 aliphatic heterocycles. The Morgan fingerprint density at radius 3 is 2.00 bits per heavy atom. The third-order valence-electron chi connectivity index (χ3n) is 3.18. The van der Waals surface area contributed by atoms with Crippen molar-refractivity contribution in [3.8, 4) is 0 Å². The van der Waals surface area contributed by atoms with Gasteiger partial charge in [-0.25, -0.2) is 5.11 Å². The summed E-state index contributed by atoms with van der Waals surface area (Å²) >= 11 is 0. The Morgan fingerprint density at radius 1 is 0.882 bits per heavy atom. The Balaban J connectivity index is 2.36. The molecule has 17 heavy (non-hydrogen) atoms. The van der Waals surface area contributed by atoms with Crippen LogP contribution in [0.1, 0.15) is 57.6 Å². The van der Waals surface area contributed by atoms with Gasteiger partial charge in [-0.2, -0.15) is 0 Å². The average Bonchev–Trinajstić information content (AvgIpc) is 2.28. The minimum absolute atomic E-state index is 0.0836. The van der Waals surface area contributed by atoms with Crippen LogP contribution in [0.15, 0.2) is 24.3 Å². The summed E-state index contributed by atoms with van der Waals surface area (Å²) in [5.41, 5.74) is 3.06. The monoisotopic (exact) mass is 233 g/mol. The first-order valence-electron chi connectivity index (χ1n) is 6.71. The molecule has 0 aromatic heterocycles. The number of benzene rings is 1. The predicted molar refractivity (Wildman–Crippen MR) is 72.9 cm³/mol. The van der Waals surface area contributed by atoms with Gasteiger partial charge in [0.15, 0.2) is 0 Å². The van der Waals surface area contributed by atoms with Crippen LogP contribution in [0.4, 0.5) is 0 Å². The van der Waals surface area contributed by atoms with E-state index in [1.165, 1.54) is 24.0 Å². The fraction of sp³-hybridized carbons (Fsp3) is 0.625. The van der Waals surface area contributed by atoms with Crippen LogP contribution >= 0.6 is 0 Å². The normalized spacial score (nSPS) is 11.8. The van der Waals surface area contributed by atoms with Crippen LogP contribution in [0, 0.1) is 0 Å². The van der Waals surface area contributed by atoms with E-state index in [1.807, 2.05) is 0 Å². The maximum absolute atomic E-state index is 10.3. The molecule has 0 amide bonds. The molecule has 0 N–H and O–H groups in total. The molecule has 0 heterocycles. The molecule has 0 unspecified atom stereocenters. The summed E-state index contributed by atoms with van der Waals surface area (Å²) in [7, 11) is 0. The summed E-state index contributed by atoms with van der Waals surface area (Å²) in [6.45, 7) is 6.81. The number of hydrogen-bond donors (Lipinski definition) is 0. The summed E-state index contributed by atoms with van der Waals surface area (Å²) in [6, 6.07) is 8.97. The highest BCUT2D eigenvalue weighted by molar-refractivity contribution is 5.27. The summed E-state index contributed by atoms with van der Waals surface area (Å²) in [5.74, 6) is 0. The van der Waals surface area contributed by atoms with Crippen molar-refractivity contribution in [3.63, 3.8) is 0 Å². The van der Waals surface area contributed by atoms with Crippen molar-refractivity contribution in [1.82, 2.24) is 0 Å². The molecule has 1 aromatic carbocycles. The van der Waals surface area contributed by atoms with Gasteiger partial charge in [-0.05, 0) is 35.8 Å². The highest BCUT2D eigenvalue weighted by atomic mass is 16.2. The Morgan fingerprint density at radius 2 is 1.47 bits per heavy atom. The van der Waals surface area contributed by atoms with Gasteiger partial charge in [0, 0.05) is 0 Å². The molecule has 0 atom stereocenters. The topological polar surface area (TPSA) is 19.9 Å². The maximum atomic E-state index is 10.3. The van der Waals surface area contributed by atoms with E-state index in [9.17, 15) is 5.11 Å². The van der Waals surface area contributed by atoms with Crippen molar-refractivity contribution in [3.05, 3.63) is 35.4 Å². The predicted octanol–water partition coefficient (Wildman–Crippen LogP) is 4.52. The quantitative estimate of drug-likeness (QED) is 0.644. The minimum atomic E-state index is 0.0836. The fourth-order valence-electron chi connectivity index (χ4n) is 1.96. The average molecular weight is 233 g/mol. The second-order valence-corrected chi connectivity index (χ2v) is 5.82. The molecular formula is C16H25O. The minimum Gasteiger partial charge on any atom is -0.237 e. The molecule has 0 saturated heterocycles. The van der Waals surface area contributed by atoms with Gasteiger partial charge in [-0.3, -0.25) is 0 Å². The van der Waals surface area contributed by atoms with Crippen molar-refractivity contribution in [2.75, 3.05) is 6.61 Å². The van der Waals surface area contributed by atoms with Crippen molar-refractivity contribution >= 4 is 0 Å². The summed E-state index contributed by atoms with van der Waals surface area (Å²) < 4.78 is 0. The van der Waals surface area contributed by atoms with Crippen LogP contribution in [0.3, 0.4) is 0 Å². The van der Waals surface area contributed by atoms with Crippen molar-refractivity contribution in [2.24, 2.45) is 0 Å². The van der Waals surface area contributed by atoms with Gasteiger partial charge in [0.25, 0.3) is 0 Å². The molecule has 1 aromatic rings.